The number of likely N-dealkylation sites (tertiary alicyclic amines) is 1. The van der Waals surface area contributed by atoms with Crippen molar-refractivity contribution in [1.82, 2.24) is 10.2 Å². The van der Waals surface area contributed by atoms with E-state index < -0.39 is 0 Å². The summed E-state index contributed by atoms with van der Waals surface area (Å²) in [5.74, 6) is 0.0712. The van der Waals surface area contributed by atoms with Crippen LogP contribution in [0.25, 0.3) is 0 Å². The molecule has 2 heterocycles. The highest BCUT2D eigenvalue weighted by Crippen LogP contribution is 2.19. The molecule has 0 aliphatic carbocycles. The third kappa shape index (κ3) is 4.24. The van der Waals surface area contributed by atoms with Gasteiger partial charge in [-0.1, -0.05) is 6.07 Å². The average Bonchev–Trinajstić information content (AvgIpc) is 3.05. The van der Waals surface area contributed by atoms with Crippen molar-refractivity contribution in [3.8, 4) is 5.75 Å². The summed E-state index contributed by atoms with van der Waals surface area (Å²) in [6.45, 7) is 5.75. The molecule has 0 saturated carbocycles. The van der Waals surface area contributed by atoms with Gasteiger partial charge in [0.05, 0.1) is 6.10 Å². The Kier molecular flexibility index (Phi) is 5.18. The molecule has 5 nitrogen and oxygen atoms in total. The second-order valence-corrected chi connectivity index (χ2v) is 6.68. The molecule has 2 aliphatic rings. The second kappa shape index (κ2) is 7.32. The van der Waals surface area contributed by atoms with Gasteiger partial charge in [0.25, 0.3) is 5.91 Å². The van der Waals surface area contributed by atoms with Crippen molar-refractivity contribution in [2.24, 2.45) is 0 Å². The Morgan fingerprint density at radius 2 is 2.13 bits per heavy atom. The zero-order chi connectivity index (χ0) is 16.2. The predicted octanol–water partition coefficient (Wildman–Crippen LogP) is 2.07. The van der Waals surface area contributed by atoms with E-state index in [2.05, 4.69) is 10.2 Å². The molecule has 1 aromatic carbocycles. The summed E-state index contributed by atoms with van der Waals surface area (Å²) in [6.07, 6.45) is 4.69. The number of hydrogen-bond acceptors (Lipinski definition) is 4. The number of carbonyl (C=O) groups excluding carboxylic acids is 1. The molecule has 0 bridgehead atoms. The van der Waals surface area contributed by atoms with Gasteiger partial charge in [-0.05, 0) is 50.3 Å². The van der Waals surface area contributed by atoms with Gasteiger partial charge in [0.2, 0.25) is 0 Å². The normalized spacial score (nSPS) is 23.1. The SMILES string of the molecule is Cc1ccc(C(=O)NC2CCN(C[C@@H]3CCCO3)CC2)cc1O. The number of aromatic hydroxyl groups is 1. The van der Waals surface area contributed by atoms with E-state index in [-0.39, 0.29) is 17.7 Å². The van der Waals surface area contributed by atoms with Crippen molar-refractivity contribution in [2.45, 2.75) is 44.8 Å². The van der Waals surface area contributed by atoms with Gasteiger partial charge in [0.1, 0.15) is 5.75 Å². The van der Waals surface area contributed by atoms with Crippen molar-refractivity contribution >= 4 is 5.91 Å². The van der Waals surface area contributed by atoms with Crippen LogP contribution in [-0.4, -0.2) is 54.3 Å². The molecule has 2 N–H and O–H groups in total. The van der Waals surface area contributed by atoms with Gasteiger partial charge in [0, 0.05) is 37.8 Å². The number of carbonyl (C=O) groups is 1. The minimum Gasteiger partial charge on any atom is -0.508 e. The van der Waals surface area contributed by atoms with Crippen LogP contribution >= 0.6 is 0 Å². The van der Waals surface area contributed by atoms with Gasteiger partial charge in [-0.25, -0.2) is 0 Å². The maximum atomic E-state index is 12.3. The molecular formula is C18H26N2O3. The predicted molar refractivity (Wildman–Crippen MR) is 88.7 cm³/mol. The number of piperidine rings is 1. The highest BCUT2D eigenvalue weighted by atomic mass is 16.5. The zero-order valence-electron chi connectivity index (χ0n) is 13.8. The molecule has 0 radical (unpaired) electrons. The fourth-order valence-corrected chi connectivity index (χ4v) is 3.36. The highest BCUT2D eigenvalue weighted by Gasteiger charge is 2.24. The van der Waals surface area contributed by atoms with Crippen LogP contribution in [0, 0.1) is 6.92 Å². The number of rotatable bonds is 4. The Labute approximate surface area is 137 Å². The van der Waals surface area contributed by atoms with Gasteiger partial charge in [0.15, 0.2) is 0 Å². The molecule has 2 aliphatic heterocycles. The Hall–Kier alpha value is -1.59. The van der Waals surface area contributed by atoms with Crippen LogP contribution in [0.5, 0.6) is 5.75 Å². The van der Waals surface area contributed by atoms with Crippen LogP contribution in [-0.2, 0) is 4.74 Å². The van der Waals surface area contributed by atoms with Gasteiger partial charge in [-0.3, -0.25) is 4.79 Å². The maximum Gasteiger partial charge on any atom is 0.251 e. The van der Waals surface area contributed by atoms with Gasteiger partial charge >= 0.3 is 0 Å². The largest absolute Gasteiger partial charge is 0.508 e. The van der Waals surface area contributed by atoms with E-state index in [0.29, 0.717) is 11.7 Å². The number of hydrogen-bond donors (Lipinski definition) is 2. The number of phenolic OH excluding ortho intramolecular Hbond substituents is 1. The van der Waals surface area contributed by atoms with Crippen molar-refractivity contribution < 1.29 is 14.6 Å². The number of aryl methyl sites for hydroxylation is 1. The second-order valence-electron chi connectivity index (χ2n) is 6.68. The number of nitrogens with one attached hydrogen (secondary N) is 1. The fraction of sp³-hybridized carbons (Fsp3) is 0.611. The van der Waals surface area contributed by atoms with Crippen LogP contribution in [0.1, 0.15) is 41.6 Å². The lowest BCUT2D eigenvalue weighted by Crippen LogP contribution is -2.46. The standard InChI is InChI=1S/C18H26N2O3/c1-13-4-5-14(11-17(13)21)18(22)19-15-6-8-20(9-7-15)12-16-3-2-10-23-16/h4-5,11,15-16,21H,2-3,6-10,12H2,1H3,(H,19,22)/t16-/m0/s1. The monoisotopic (exact) mass is 318 g/mol. The Morgan fingerprint density at radius 1 is 1.35 bits per heavy atom. The highest BCUT2D eigenvalue weighted by molar-refractivity contribution is 5.94. The molecule has 0 unspecified atom stereocenters. The van der Waals surface area contributed by atoms with Crippen LogP contribution in [0.15, 0.2) is 18.2 Å². The van der Waals surface area contributed by atoms with Crippen molar-refractivity contribution in [2.75, 3.05) is 26.2 Å². The van der Waals surface area contributed by atoms with Crippen LogP contribution in [0.2, 0.25) is 0 Å². The van der Waals surface area contributed by atoms with E-state index in [4.69, 9.17) is 4.74 Å². The van der Waals surface area contributed by atoms with E-state index in [1.807, 2.05) is 6.92 Å². The van der Waals surface area contributed by atoms with E-state index >= 15 is 0 Å². The lowest BCUT2D eigenvalue weighted by Gasteiger charge is -2.33. The van der Waals surface area contributed by atoms with Gasteiger partial charge < -0.3 is 20.1 Å². The topological polar surface area (TPSA) is 61.8 Å². The lowest BCUT2D eigenvalue weighted by molar-refractivity contribution is 0.0613. The first kappa shape index (κ1) is 16.3. The molecule has 3 rings (SSSR count). The van der Waals surface area contributed by atoms with Crippen LogP contribution < -0.4 is 5.32 Å². The average molecular weight is 318 g/mol. The molecule has 1 amide bonds. The smallest absolute Gasteiger partial charge is 0.251 e. The summed E-state index contributed by atoms with van der Waals surface area (Å²) in [7, 11) is 0. The summed E-state index contributed by atoms with van der Waals surface area (Å²) >= 11 is 0. The van der Waals surface area contributed by atoms with Gasteiger partial charge in [-0.2, -0.15) is 0 Å². The third-order valence-corrected chi connectivity index (χ3v) is 4.88. The Balaban J connectivity index is 1.46. The maximum absolute atomic E-state index is 12.3. The first-order valence-corrected chi connectivity index (χ1v) is 8.56. The molecule has 0 spiro atoms. The van der Waals surface area contributed by atoms with Gasteiger partial charge in [-0.15, -0.1) is 0 Å². The first-order valence-electron chi connectivity index (χ1n) is 8.56. The molecule has 2 saturated heterocycles. The van der Waals surface area contributed by atoms with E-state index in [9.17, 15) is 9.90 Å². The molecule has 1 aromatic rings. The summed E-state index contributed by atoms with van der Waals surface area (Å²) in [5, 5.41) is 12.8. The number of nitrogens with zero attached hydrogens (tertiary/aromatic N) is 1. The summed E-state index contributed by atoms with van der Waals surface area (Å²) in [4.78, 5) is 14.7. The summed E-state index contributed by atoms with van der Waals surface area (Å²) in [6, 6.07) is 5.29. The number of phenols is 1. The Morgan fingerprint density at radius 3 is 2.78 bits per heavy atom. The van der Waals surface area contributed by atoms with Crippen molar-refractivity contribution in [3.63, 3.8) is 0 Å². The quantitative estimate of drug-likeness (QED) is 0.892. The molecule has 126 valence electrons. The van der Waals surface area contributed by atoms with E-state index in [0.717, 1.165) is 44.6 Å². The lowest BCUT2D eigenvalue weighted by atomic mass is 10.0. The van der Waals surface area contributed by atoms with Crippen molar-refractivity contribution in [1.29, 1.82) is 0 Å². The number of ether oxygens (including phenoxy) is 1. The number of amides is 1. The van der Waals surface area contributed by atoms with Crippen LogP contribution in [0.3, 0.4) is 0 Å². The summed E-state index contributed by atoms with van der Waals surface area (Å²) < 4.78 is 5.69. The Bertz CT molecular complexity index is 547. The van der Waals surface area contributed by atoms with Crippen molar-refractivity contribution in [3.05, 3.63) is 29.3 Å². The molecule has 23 heavy (non-hydrogen) atoms. The molecule has 1 atom stereocenters. The number of benzene rings is 1. The zero-order valence-corrected chi connectivity index (χ0v) is 13.8. The van der Waals surface area contributed by atoms with E-state index in [1.54, 1.807) is 12.1 Å². The van der Waals surface area contributed by atoms with E-state index in [1.165, 1.54) is 18.9 Å². The molecule has 2 fully saturated rings. The minimum absolute atomic E-state index is 0.0992. The fourth-order valence-electron chi connectivity index (χ4n) is 3.36. The summed E-state index contributed by atoms with van der Waals surface area (Å²) in [5.41, 5.74) is 1.30. The first-order chi connectivity index (χ1) is 11.1. The van der Waals surface area contributed by atoms with Crippen LogP contribution in [0.4, 0.5) is 0 Å². The third-order valence-electron chi connectivity index (χ3n) is 4.88. The minimum atomic E-state index is -0.0992. The molecule has 5 heteroatoms. The molecular weight excluding hydrogens is 292 g/mol. The molecule has 0 aromatic heterocycles.